The Balaban J connectivity index is 1.46. The van der Waals surface area contributed by atoms with Crippen LogP contribution in [0.15, 0.2) is 57.6 Å². The number of hydrogen-bond acceptors (Lipinski definition) is 7. The van der Waals surface area contributed by atoms with Gasteiger partial charge in [0.15, 0.2) is 21.9 Å². The number of nitrogens with one attached hydrogen (secondary N) is 1. The molecule has 0 aliphatic rings. The monoisotopic (exact) mass is 476 g/mol. The van der Waals surface area contributed by atoms with Crippen molar-refractivity contribution in [3.8, 4) is 11.3 Å². The molecule has 0 fully saturated rings. The number of thiophene rings is 1. The van der Waals surface area contributed by atoms with Crippen molar-refractivity contribution in [3.63, 3.8) is 0 Å². The highest BCUT2D eigenvalue weighted by Gasteiger charge is 2.15. The van der Waals surface area contributed by atoms with Crippen LogP contribution in [-0.4, -0.2) is 26.2 Å². The molecule has 0 unspecified atom stereocenters. The molecule has 0 bridgehead atoms. The molecule has 158 valence electrons. The number of amides is 1. The van der Waals surface area contributed by atoms with Crippen LogP contribution in [0.2, 0.25) is 0 Å². The molecule has 11 heteroatoms. The van der Waals surface area contributed by atoms with Gasteiger partial charge in [0.05, 0.1) is 17.0 Å². The Bertz CT molecular complexity index is 1350. The summed E-state index contributed by atoms with van der Waals surface area (Å²) in [5.74, 6) is -2.22. The van der Waals surface area contributed by atoms with Crippen molar-refractivity contribution >= 4 is 55.7 Å². The van der Waals surface area contributed by atoms with E-state index in [0.717, 1.165) is 23.9 Å². The fourth-order valence-corrected chi connectivity index (χ4v) is 5.05. The van der Waals surface area contributed by atoms with E-state index in [9.17, 15) is 18.4 Å². The number of aromatic nitrogens is 3. The van der Waals surface area contributed by atoms with Crippen LogP contribution in [0.3, 0.4) is 0 Å². The maximum Gasteiger partial charge on any atom is 0.272 e. The molecule has 6 nitrogen and oxygen atoms in total. The van der Waals surface area contributed by atoms with Gasteiger partial charge in [-0.15, -0.1) is 29.3 Å². The number of benzene rings is 1. The minimum atomic E-state index is -0.965. The molecule has 0 atom stereocenters. The third kappa shape index (κ3) is 4.58. The Kier molecular flexibility index (Phi) is 6.25. The van der Waals surface area contributed by atoms with Gasteiger partial charge >= 0.3 is 0 Å². The first-order chi connectivity index (χ1) is 15.0. The number of hydrogen-bond donors (Lipinski definition) is 1. The predicted octanol–water partition coefficient (Wildman–Crippen LogP) is 4.78. The van der Waals surface area contributed by atoms with Crippen molar-refractivity contribution in [1.82, 2.24) is 14.5 Å². The van der Waals surface area contributed by atoms with Gasteiger partial charge in [-0.25, -0.2) is 18.7 Å². The fourth-order valence-electron chi connectivity index (χ4n) is 2.73. The zero-order chi connectivity index (χ0) is 22.0. The highest BCUT2D eigenvalue weighted by atomic mass is 32.2. The molecule has 1 amide bonds. The fraction of sp³-hybridized carbons (Fsp3) is 0.100. The third-order valence-corrected chi connectivity index (χ3v) is 6.77. The number of thioether (sulfide) groups is 1. The number of fused-ring (bicyclic) bond motifs is 1. The van der Waals surface area contributed by atoms with E-state index in [-0.39, 0.29) is 23.8 Å². The zero-order valence-electron chi connectivity index (χ0n) is 15.8. The highest BCUT2D eigenvalue weighted by Crippen LogP contribution is 2.27. The molecule has 4 aromatic rings. The molecule has 3 heterocycles. The first kappa shape index (κ1) is 21.3. The summed E-state index contributed by atoms with van der Waals surface area (Å²) >= 11 is 3.63. The smallest absolute Gasteiger partial charge is 0.272 e. The number of carbonyl (C=O) groups excluding carboxylic acids is 1. The second kappa shape index (κ2) is 9.08. The van der Waals surface area contributed by atoms with E-state index in [1.165, 1.54) is 33.3 Å². The lowest BCUT2D eigenvalue weighted by atomic mass is 10.2. The Hall–Kier alpha value is -2.89. The van der Waals surface area contributed by atoms with Crippen molar-refractivity contribution in [3.05, 3.63) is 69.7 Å². The van der Waals surface area contributed by atoms with Crippen molar-refractivity contribution < 1.29 is 13.6 Å². The maximum absolute atomic E-state index is 13.4. The topological polar surface area (TPSA) is 76.9 Å². The van der Waals surface area contributed by atoms with Crippen LogP contribution in [0.5, 0.6) is 0 Å². The lowest BCUT2D eigenvalue weighted by molar-refractivity contribution is -0.113. The van der Waals surface area contributed by atoms with Crippen LogP contribution in [0, 0.1) is 11.6 Å². The number of thiazole rings is 1. The molecule has 0 radical (unpaired) electrons. The second-order valence-electron chi connectivity index (χ2n) is 6.24. The quantitative estimate of drug-likeness (QED) is 0.236. The normalized spacial score (nSPS) is 11.0. The zero-order valence-corrected chi connectivity index (χ0v) is 18.3. The number of allylic oxidation sites excluding steroid dienone is 1. The molecule has 0 aliphatic carbocycles. The van der Waals surface area contributed by atoms with E-state index < -0.39 is 11.6 Å². The highest BCUT2D eigenvalue weighted by molar-refractivity contribution is 7.99. The molecular weight excluding hydrogens is 462 g/mol. The standard InChI is InChI=1S/C20H14F2N4O2S3/c1-2-6-26-18(28)17-14(5-7-29-17)24-20(26)31-10-16(27)25-19-23-15(9-30-19)11-3-4-12(21)13(22)8-11/h2-5,7-9H,1,6,10H2,(H,23,25,27). The summed E-state index contributed by atoms with van der Waals surface area (Å²) in [6.45, 7) is 3.96. The van der Waals surface area contributed by atoms with Crippen LogP contribution < -0.4 is 10.9 Å². The predicted molar refractivity (Wildman–Crippen MR) is 121 cm³/mol. The van der Waals surface area contributed by atoms with E-state index in [2.05, 4.69) is 21.9 Å². The largest absolute Gasteiger partial charge is 0.301 e. The molecule has 0 saturated carbocycles. The van der Waals surface area contributed by atoms with Gasteiger partial charge in [-0.2, -0.15) is 0 Å². The molecule has 1 aromatic carbocycles. The summed E-state index contributed by atoms with van der Waals surface area (Å²) in [7, 11) is 0. The number of carbonyl (C=O) groups is 1. The van der Waals surface area contributed by atoms with Crippen LogP contribution in [-0.2, 0) is 11.3 Å². The van der Waals surface area contributed by atoms with Crippen LogP contribution in [0.25, 0.3) is 21.5 Å². The first-order valence-electron chi connectivity index (χ1n) is 8.89. The van der Waals surface area contributed by atoms with Crippen LogP contribution in [0.1, 0.15) is 0 Å². The number of halogens is 2. The SMILES string of the molecule is C=CCn1c(SCC(=O)Nc2nc(-c3ccc(F)c(F)c3)cs2)nc2ccsc2c1=O. The van der Waals surface area contributed by atoms with E-state index >= 15 is 0 Å². The van der Waals surface area contributed by atoms with Gasteiger partial charge in [0.25, 0.3) is 5.56 Å². The molecular formula is C20H14F2N4O2S3. The van der Waals surface area contributed by atoms with Crippen molar-refractivity contribution in [2.75, 3.05) is 11.1 Å². The molecule has 3 aromatic heterocycles. The molecule has 31 heavy (non-hydrogen) atoms. The average molecular weight is 477 g/mol. The lowest BCUT2D eigenvalue weighted by Crippen LogP contribution is -2.23. The van der Waals surface area contributed by atoms with E-state index in [0.29, 0.717) is 31.8 Å². The Morgan fingerprint density at radius 3 is 2.84 bits per heavy atom. The van der Waals surface area contributed by atoms with Crippen molar-refractivity contribution in [2.24, 2.45) is 0 Å². The van der Waals surface area contributed by atoms with Crippen molar-refractivity contribution in [1.29, 1.82) is 0 Å². The number of rotatable bonds is 7. The van der Waals surface area contributed by atoms with Gasteiger partial charge in [0, 0.05) is 17.5 Å². The maximum atomic E-state index is 13.4. The lowest BCUT2D eigenvalue weighted by Gasteiger charge is -2.09. The van der Waals surface area contributed by atoms with E-state index in [1.54, 1.807) is 22.9 Å². The van der Waals surface area contributed by atoms with Gasteiger partial charge in [-0.1, -0.05) is 17.8 Å². The van der Waals surface area contributed by atoms with E-state index in [1.807, 2.05) is 0 Å². The third-order valence-electron chi connectivity index (χ3n) is 4.14. The summed E-state index contributed by atoms with van der Waals surface area (Å²) < 4.78 is 28.6. The van der Waals surface area contributed by atoms with Gasteiger partial charge in [0.2, 0.25) is 5.91 Å². The Morgan fingerprint density at radius 2 is 2.06 bits per heavy atom. The van der Waals surface area contributed by atoms with Crippen LogP contribution >= 0.6 is 34.4 Å². The van der Waals surface area contributed by atoms with E-state index in [4.69, 9.17) is 0 Å². The minimum Gasteiger partial charge on any atom is -0.301 e. The minimum absolute atomic E-state index is 0.0132. The summed E-state index contributed by atoms with van der Waals surface area (Å²) in [5.41, 5.74) is 1.26. The molecule has 0 saturated heterocycles. The Morgan fingerprint density at radius 1 is 1.23 bits per heavy atom. The Labute approximate surface area is 187 Å². The van der Waals surface area contributed by atoms with Gasteiger partial charge in [-0.3, -0.25) is 14.2 Å². The molecule has 0 aliphatic heterocycles. The average Bonchev–Trinajstić information content (AvgIpc) is 3.40. The van der Waals surface area contributed by atoms with Crippen molar-refractivity contribution in [2.45, 2.75) is 11.7 Å². The number of nitrogens with zero attached hydrogens (tertiary/aromatic N) is 3. The molecule has 1 N–H and O–H groups in total. The summed E-state index contributed by atoms with van der Waals surface area (Å²) in [4.78, 5) is 33.8. The number of anilines is 1. The van der Waals surface area contributed by atoms with Gasteiger partial charge < -0.3 is 5.32 Å². The second-order valence-corrected chi connectivity index (χ2v) is 8.95. The molecule has 0 spiro atoms. The summed E-state index contributed by atoms with van der Waals surface area (Å²) in [6.07, 6.45) is 1.60. The summed E-state index contributed by atoms with van der Waals surface area (Å²) in [6, 6.07) is 5.26. The van der Waals surface area contributed by atoms with Gasteiger partial charge in [-0.05, 0) is 29.6 Å². The van der Waals surface area contributed by atoms with Gasteiger partial charge in [0.1, 0.15) is 4.70 Å². The molecule has 4 rings (SSSR count). The first-order valence-corrected chi connectivity index (χ1v) is 11.6. The van der Waals surface area contributed by atoms with Crippen LogP contribution in [0.4, 0.5) is 13.9 Å². The summed E-state index contributed by atoms with van der Waals surface area (Å²) in [5, 5.41) is 6.86.